The molecule has 7 nitrogen and oxygen atoms in total. The molecule has 21 heavy (non-hydrogen) atoms. The molecule has 1 heterocycles. The first kappa shape index (κ1) is 14.0. The SMILES string of the molecule is COc1cccc(-c2c(C#N)c(N)[nH]c(=O)c2C#N)c1O. The van der Waals surface area contributed by atoms with Crippen LogP contribution in [0.15, 0.2) is 23.0 Å². The summed E-state index contributed by atoms with van der Waals surface area (Å²) in [6, 6.07) is 8.09. The summed E-state index contributed by atoms with van der Waals surface area (Å²) in [6.45, 7) is 0. The molecule has 1 aromatic carbocycles. The molecule has 7 heteroatoms. The van der Waals surface area contributed by atoms with Crippen LogP contribution in [0.2, 0.25) is 0 Å². The van der Waals surface area contributed by atoms with Crippen molar-refractivity contribution in [3.8, 4) is 34.8 Å². The molecular weight excluding hydrogens is 272 g/mol. The Morgan fingerprint density at radius 1 is 1.29 bits per heavy atom. The maximum Gasteiger partial charge on any atom is 0.268 e. The summed E-state index contributed by atoms with van der Waals surface area (Å²) in [5.41, 5.74) is 4.60. The van der Waals surface area contributed by atoms with Gasteiger partial charge in [0.05, 0.1) is 7.11 Å². The second kappa shape index (κ2) is 5.27. The maximum absolute atomic E-state index is 11.8. The number of H-pyrrole nitrogens is 1. The number of ether oxygens (including phenoxy) is 1. The molecular formula is C14H10N4O3. The van der Waals surface area contributed by atoms with Crippen LogP contribution in [-0.4, -0.2) is 17.2 Å². The summed E-state index contributed by atoms with van der Waals surface area (Å²) in [5.74, 6) is -0.296. The number of benzene rings is 1. The first-order valence-corrected chi connectivity index (χ1v) is 5.77. The van der Waals surface area contributed by atoms with Gasteiger partial charge in [-0.2, -0.15) is 10.5 Å². The fourth-order valence-corrected chi connectivity index (χ4v) is 2.00. The molecule has 0 aliphatic rings. The summed E-state index contributed by atoms with van der Waals surface area (Å²) in [4.78, 5) is 14.1. The number of aromatic amines is 1. The zero-order valence-corrected chi connectivity index (χ0v) is 11.0. The minimum Gasteiger partial charge on any atom is -0.504 e. The molecule has 0 atom stereocenters. The molecule has 0 spiro atoms. The van der Waals surface area contributed by atoms with Crippen LogP contribution < -0.4 is 16.0 Å². The number of para-hydroxylation sites is 1. The molecule has 0 saturated heterocycles. The van der Waals surface area contributed by atoms with E-state index in [1.807, 2.05) is 6.07 Å². The van der Waals surface area contributed by atoms with E-state index in [-0.39, 0.29) is 39.6 Å². The predicted molar refractivity (Wildman–Crippen MR) is 74.6 cm³/mol. The van der Waals surface area contributed by atoms with Gasteiger partial charge in [-0.05, 0) is 6.07 Å². The van der Waals surface area contributed by atoms with Gasteiger partial charge in [0, 0.05) is 11.1 Å². The fraction of sp³-hybridized carbons (Fsp3) is 0.0714. The van der Waals surface area contributed by atoms with Crippen molar-refractivity contribution >= 4 is 5.82 Å². The van der Waals surface area contributed by atoms with Gasteiger partial charge < -0.3 is 20.6 Å². The van der Waals surface area contributed by atoms with Crippen LogP contribution in [0, 0.1) is 22.7 Å². The van der Waals surface area contributed by atoms with E-state index in [9.17, 15) is 15.2 Å². The van der Waals surface area contributed by atoms with E-state index in [0.29, 0.717) is 0 Å². The second-order valence-electron chi connectivity index (χ2n) is 4.07. The quantitative estimate of drug-likeness (QED) is 0.754. The Bertz CT molecular complexity index is 856. The number of aromatic hydroxyl groups is 1. The summed E-state index contributed by atoms with van der Waals surface area (Å²) in [6.07, 6.45) is 0. The smallest absolute Gasteiger partial charge is 0.268 e. The summed E-state index contributed by atoms with van der Waals surface area (Å²) in [5, 5.41) is 28.5. The van der Waals surface area contributed by atoms with Crippen molar-refractivity contribution in [3.05, 3.63) is 39.7 Å². The number of nitrogens with one attached hydrogen (secondary N) is 1. The van der Waals surface area contributed by atoms with Crippen molar-refractivity contribution in [1.29, 1.82) is 10.5 Å². The van der Waals surface area contributed by atoms with E-state index in [2.05, 4.69) is 4.98 Å². The number of nitrogens with zero attached hydrogens (tertiary/aromatic N) is 2. The van der Waals surface area contributed by atoms with Gasteiger partial charge in [0.2, 0.25) is 0 Å². The maximum atomic E-state index is 11.8. The first-order valence-electron chi connectivity index (χ1n) is 5.77. The number of nitrogens with two attached hydrogens (primary N) is 1. The van der Waals surface area contributed by atoms with Crippen LogP contribution in [-0.2, 0) is 0 Å². The minimum absolute atomic E-state index is 0.0161. The predicted octanol–water partition coefficient (Wildman–Crippen LogP) is 1.08. The molecule has 2 rings (SSSR count). The lowest BCUT2D eigenvalue weighted by Crippen LogP contribution is -2.16. The molecule has 104 valence electrons. The molecule has 0 radical (unpaired) electrons. The number of hydrogen-bond donors (Lipinski definition) is 3. The van der Waals surface area contributed by atoms with Crippen LogP contribution in [0.5, 0.6) is 11.5 Å². The molecule has 0 saturated carbocycles. The second-order valence-corrected chi connectivity index (χ2v) is 4.07. The number of phenolic OH excluding ortho intramolecular Hbond substituents is 1. The number of nitrogen functional groups attached to an aromatic ring is 1. The van der Waals surface area contributed by atoms with E-state index >= 15 is 0 Å². The Hall–Kier alpha value is -3.45. The van der Waals surface area contributed by atoms with Crippen LogP contribution in [0.25, 0.3) is 11.1 Å². The van der Waals surface area contributed by atoms with Gasteiger partial charge in [0.15, 0.2) is 11.5 Å². The van der Waals surface area contributed by atoms with Crippen molar-refractivity contribution < 1.29 is 9.84 Å². The third kappa shape index (κ3) is 2.13. The van der Waals surface area contributed by atoms with Crippen molar-refractivity contribution in [2.45, 2.75) is 0 Å². The highest BCUT2D eigenvalue weighted by molar-refractivity contribution is 5.84. The van der Waals surface area contributed by atoms with Crippen LogP contribution in [0.1, 0.15) is 11.1 Å². The monoisotopic (exact) mass is 282 g/mol. The van der Waals surface area contributed by atoms with E-state index in [1.54, 1.807) is 12.1 Å². The molecule has 0 fully saturated rings. The highest BCUT2D eigenvalue weighted by Crippen LogP contribution is 2.39. The van der Waals surface area contributed by atoms with Crippen molar-refractivity contribution in [1.82, 2.24) is 4.98 Å². The highest BCUT2D eigenvalue weighted by atomic mass is 16.5. The normalized spacial score (nSPS) is 9.67. The van der Waals surface area contributed by atoms with Crippen LogP contribution in [0.4, 0.5) is 5.82 Å². The first-order chi connectivity index (χ1) is 10.0. The number of methoxy groups -OCH3 is 1. The van der Waals surface area contributed by atoms with Gasteiger partial charge in [-0.15, -0.1) is 0 Å². The summed E-state index contributed by atoms with van der Waals surface area (Å²) in [7, 11) is 1.36. The molecule has 0 bridgehead atoms. The number of rotatable bonds is 2. The number of pyridine rings is 1. The fourth-order valence-electron chi connectivity index (χ4n) is 2.00. The van der Waals surface area contributed by atoms with Gasteiger partial charge >= 0.3 is 0 Å². The molecule has 0 unspecified atom stereocenters. The number of anilines is 1. The van der Waals surface area contributed by atoms with Crippen molar-refractivity contribution in [2.75, 3.05) is 12.8 Å². The highest BCUT2D eigenvalue weighted by Gasteiger charge is 2.21. The van der Waals surface area contributed by atoms with Gasteiger partial charge in [-0.1, -0.05) is 12.1 Å². The minimum atomic E-state index is -0.730. The van der Waals surface area contributed by atoms with E-state index < -0.39 is 5.56 Å². The Labute approximate surface area is 119 Å². The molecule has 0 aliphatic heterocycles. The zero-order chi connectivity index (χ0) is 15.6. The largest absolute Gasteiger partial charge is 0.504 e. The van der Waals surface area contributed by atoms with E-state index in [4.69, 9.17) is 15.7 Å². The molecule has 2 aromatic rings. The number of aromatic nitrogens is 1. The average molecular weight is 282 g/mol. The lowest BCUT2D eigenvalue weighted by molar-refractivity contribution is 0.374. The van der Waals surface area contributed by atoms with Gasteiger partial charge in [0.1, 0.15) is 29.1 Å². The molecule has 1 aromatic heterocycles. The zero-order valence-electron chi connectivity index (χ0n) is 11.0. The van der Waals surface area contributed by atoms with E-state index in [0.717, 1.165) is 0 Å². The third-order valence-corrected chi connectivity index (χ3v) is 2.96. The van der Waals surface area contributed by atoms with Gasteiger partial charge in [-0.3, -0.25) is 4.79 Å². The van der Waals surface area contributed by atoms with Gasteiger partial charge in [-0.25, -0.2) is 0 Å². The average Bonchev–Trinajstić information content (AvgIpc) is 2.47. The summed E-state index contributed by atoms with van der Waals surface area (Å²) >= 11 is 0. The lowest BCUT2D eigenvalue weighted by Gasteiger charge is -2.12. The van der Waals surface area contributed by atoms with E-state index in [1.165, 1.54) is 19.2 Å². The van der Waals surface area contributed by atoms with Crippen LogP contribution in [0.3, 0.4) is 0 Å². The Balaban J connectivity index is 2.97. The van der Waals surface area contributed by atoms with Crippen LogP contribution >= 0.6 is 0 Å². The number of hydrogen-bond acceptors (Lipinski definition) is 6. The summed E-state index contributed by atoms with van der Waals surface area (Å²) < 4.78 is 4.98. The topological polar surface area (TPSA) is 136 Å². The number of phenols is 1. The molecule has 0 aliphatic carbocycles. The Kier molecular flexibility index (Phi) is 3.51. The third-order valence-electron chi connectivity index (χ3n) is 2.96. The standard InChI is InChI=1S/C14H10N4O3/c1-21-10-4-2-3-7(12(10)19)11-8(5-15)13(17)18-14(20)9(11)6-16/h2-4,19H,1H3,(H3,17,18,20). The Morgan fingerprint density at radius 2 is 1.95 bits per heavy atom. The van der Waals surface area contributed by atoms with Crippen molar-refractivity contribution in [2.24, 2.45) is 0 Å². The lowest BCUT2D eigenvalue weighted by atomic mass is 9.95. The van der Waals surface area contributed by atoms with Crippen molar-refractivity contribution in [3.63, 3.8) is 0 Å². The molecule has 0 amide bonds. The molecule has 4 N–H and O–H groups in total. The Morgan fingerprint density at radius 3 is 2.52 bits per heavy atom. The van der Waals surface area contributed by atoms with Gasteiger partial charge in [0.25, 0.3) is 5.56 Å². The number of nitriles is 2.